The summed E-state index contributed by atoms with van der Waals surface area (Å²) < 4.78 is 13.5. The van der Waals surface area contributed by atoms with Crippen LogP contribution in [0.15, 0.2) is 48.5 Å². The predicted molar refractivity (Wildman–Crippen MR) is 83.3 cm³/mol. The summed E-state index contributed by atoms with van der Waals surface area (Å²) in [6.07, 6.45) is 1.02. The number of nitrogens with zero attached hydrogens (tertiary/aromatic N) is 1. The predicted octanol–water partition coefficient (Wildman–Crippen LogP) is 3.27. The van der Waals surface area contributed by atoms with E-state index < -0.39 is 0 Å². The van der Waals surface area contributed by atoms with Crippen molar-refractivity contribution in [1.82, 2.24) is 4.90 Å². The molecule has 21 heavy (non-hydrogen) atoms. The van der Waals surface area contributed by atoms with E-state index in [0.29, 0.717) is 0 Å². The number of fused-ring (bicyclic) bond motifs is 1. The number of rotatable bonds is 3. The third-order valence-corrected chi connectivity index (χ3v) is 4.24. The standard InChI is InChI=1S/C18H21FN2/c1-13(20)18(15-7-4-8-17(19)11-15)21-10-9-14-5-2-3-6-16(14)12-21/h2-8,11,13,18H,9-10,12,20H2,1H3. The Hall–Kier alpha value is -1.71. The fourth-order valence-corrected chi connectivity index (χ4v) is 3.29. The zero-order chi connectivity index (χ0) is 14.8. The molecule has 0 amide bonds. The largest absolute Gasteiger partial charge is 0.326 e. The molecular weight excluding hydrogens is 263 g/mol. The maximum atomic E-state index is 13.5. The van der Waals surface area contributed by atoms with Gasteiger partial charge >= 0.3 is 0 Å². The van der Waals surface area contributed by atoms with E-state index in [1.807, 2.05) is 13.0 Å². The molecule has 1 heterocycles. The van der Waals surface area contributed by atoms with Gasteiger partial charge in [-0.2, -0.15) is 0 Å². The number of halogens is 1. The minimum absolute atomic E-state index is 0.0444. The molecule has 1 aliphatic rings. The Morgan fingerprint density at radius 2 is 1.86 bits per heavy atom. The lowest BCUT2D eigenvalue weighted by molar-refractivity contribution is 0.159. The van der Waals surface area contributed by atoms with Gasteiger partial charge in [0.05, 0.1) is 6.04 Å². The number of hydrogen-bond acceptors (Lipinski definition) is 2. The van der Waals surface area contributed by atoms with Crippen LogP contribution in [0.1, 0.15) is 29.7 Å². The number of hydrogen-bond donors (Lipinski definition) is 1. The highest BCUT2D eigenvalue weighted by molar-refractivity contribution is 5.30. The second-order valence-corrected chi connectivity index (χ2v) is 5.85. The van der Waals surface area contributed by atoms with Gasteiger partial charge in [0.25, 0.3) is 0 Å². The van der Waals surface area contributed by atoms with Crippen molar-refractivity contribution >= 4 is 0 Å². The molecule has 110 valence electrons. The minimum Gasteiger partial charge on any atom is -0.326 e. The highest BCUT2D eigenvalue weighted by Crippen LogP contribution is 2.29. The molecule has 0 saturated carbocycles. The van der Waals surface area contributed by atoms with Crippen LogP contribution in [0.5, 0.6) is 0 Å². The van der Waals surface area contributed by atoms with Gasteiger partial charge in [0.1, 0.15) is 5.82 Å². The van der Waals surface area contributed by atoms with Gasteiger partial charge in [-0.3, -0.25) is 4.90 Å². The van der Waals surface area contributed by atoms with Crippen LogP contribution in [0.4, 0.5) is 4.39 Å². The Labute approximate surface area is 125 Å². The molecular formula is C18H21FN2. The Bertz CT molecular complexity index is 624. The van der Waals surface area contributed by atoms with Gasteiger partial charge in [-0.05, 0) is 42.2 Å². The highest BCUT2D eigenvalue weighted by atomic mass is 19.1. The Morgan fingerprint density at radius 3 is 2.57 bits per heavy atom. The first-order chi connectivity index (χ1) is 10.1. The third-order valence-electron chi connectivity index (χ3n) is 4.24. The monoisotopic (exact) mass is 284 g/mol. The van der Waals surface area contributed by atoms with Crippen LogP contribution < -0.4 is 5.73 Å². The Morgan fingerprint density at radius 1 is 1.10 bits per heavy atom. The van der Waals surface area contributed by atoms with Crippen molar-refractivity contribution in [2.75, 3.05) is 6.54 Å². The minimum atomic E-state index is -0.199. The molecule has 0 aliphatic carbocycles. The molecule has 3 heteroatoms. The van der Waals surface area contributed by atoms with E-state index in [1.54, 1.807) is 12.1 Å². The van der Waals surface area contributed by atoms with Crippen LogP contribution in [0, 0.1) is 5.82 Å². The Kier molecular flexibility index (Phi) is 4.04. The van der Waals surface area contributed by atoms with E-state index in [9.17, 15) is 4.39 Å². The zero-order valence-electron chi connectivity index (χ0n) is 12.3. The molecule has 1 aliphatic heterocycles. The average Bonchev–Trinajstić information content (AvgIpc) is 2.47. The maximum absolute atomic E-state index is 13.5. The van der Waals surface area contributed by atoms with Gasteiger partial charge < -0.3 is 5.73 Å². The highest BCUT2D eigenvalue weighted by Gasteiger charge is 2.27. The van der Waals surface area contributed by atoms with Crippen LogP contribution in [0.25, 0.3) is 0 Å². The van der Waals surface area contributed by atoms with Crippen LogP contribution in [0.2, 0.25) is 0 Å². The van der Waals surface area contributed by atoms with Crippen molar-refractivity contribution < 1.29 is 4.39 Å². The molecule has 2 nitrogen and oxygen atoms in total. The van der Waals surface area contributed by atoms with Crippen molar-refractivity contribution in [2.45, 2.75) is 32.0 Å². The molecule has 2 atom stereocenters. The first-order valence-corrected chi connectivity index (χ1v) is 7.47. The fourth-order valence-electron chi connectivity index (χ4n) is 3.29. The van der Waals surface area contributed by atoms with Crippen molar-refractivity contribution in [1.29, 1.82) is 0 Å². The summed E-state index contributed by atoms with van der Waals surface area (Å²) in [6.45, 7) is 3.83. The summed E-state index contributed by atoms with van der Waals surface area (Å²) >= 11 is 0. The molecule has 2 N–H and O–H groups in total. The maximum Gasteiger partial charge on any atom is 0.123 e. The summed E-state index contributed by atoms with van der Waals surface area (Å²) in [5.41, 5.74) is 9.93. The molecule has 2 aromatic rings. The van der Waals surface area contributed by atoms with Gasteiger partial charge in [0.2, 0.25) is 0 Å². The second-order valence-electron chi connectivity index (χ2n) is 5.85. The van der Waals surface area contributed by atoms with E-state index in [4.69, 9.17) is 5.73 Å². The van der Waals surface area contributed by atoms with Crippen molar-refractivity contribution in [3.63, 3.8) is 0 Å². The van der Waals surface area contributed by atoms with Crippen molar-refractivity contribution in [3.05, 3.63) is 71.0 Å². The van der Waals surface area contributed by atoms with E-state index in [2.05, 4.69) is 29.2 Å². The average molecular weight is 284 g/mol. The molecule has 0 aromatic heterocycles. The van der Waals surface area contributed by atoms with Gasteiger partial charge in [0.15, 0.2) is 0 Å². The normalized spacial score (nSPS) is 18.0. The van der Waals surface area contributed by atoms with Crippen molar-refractivity contribution in [2.24, 2.45) is 5.73 Å². The SMILES string of the molecule is CC(N)C(c1cccc(F)c1)N1CCc2ccccc2C1. The first-order valence-electron chi connectivity index (χ1n) is 7.47. The molecule has 0 saturated heterocycles. The quantitative estimate of drug-likeness (QED) is 0.937. The molecule has 0 spiro atoms. The summed E-state index contributed by atoms with van der Waals surface area (Å²) in [5, 5.41) is 0. The van der Waals surface area contributed by atoms with E-state index in [1.165, 1.54) is 17.2 Å². The zero-order valence-corrected chi connectivity index (χ0v) is 12.3. The lowest BCUT2D eigenvalue weighted by Gasteiger charge is -2.38. The molecule has 0 bridgehead atoms. The number of nitrogens with two attached hydrogens (primary N) is 1. The fraction of sp³-hybridized carbons (Fsp3) is 0.333. The number of benzene rings is 2. The van der Waals surface area contributed by atoms with Crippen LogP contribution in [-0.2, 0) is 13.0 Å². The smallest absolute Gasteiger partial charge is 0.123 e. The van der Waals surface area contributed by atoms with Crippen LogP contribution in [0.3, 0.4) is 0 Å². The molecule has 2 unspecified atom stereocenters. The first kappa shape index (κ1) is 14.2. The Balaban J connectivity index is 1.89. The molecule has 2 aromatic carbocycles. The van der Waals surface area contributed by atoms with Crippen LogP contribution in [-0.4, -0.2) is 17.5 Å². The van der Waals surface area contributed by atoms with E-state index in [0.717, 1.165) is 25.1 Å². The van der Waals surface area contributed by atoms with Gasteiger partial charge in [-0.25, -0.2) is 4.39 Å². The molecule has 0 radical (unpaired) electrons. The molecule has 0 fully saturated rings. The second kappa shape index (κ2) is 5.96. The summed E-state index contributed by atoms with van der Waals surface area (Å²) in [4.78, 5) is 2.36. The lowest BCUT2D eigenvalue weighted by Crippen LogP contribution is -2.42. The van der Waals surface area contributed by atoms with Crippen molar-refractivity contribution in [3.8, 4) is 0 Å². The van der Waals surface area contributed by atoms with E-state index in [-0.39, 0.29) is 17.9 Å². The topological polar surface area (TPSA) is 29.3 Å². The third kappa shape index (κ3) is 2.99. The lowest BCUT2D eigenvalue weighted by atomic mass is 9.93. The van der Waals surface area contributed by atoms with Gasteiger partial charge in [-0.15, -0.1) is 0 Å². The summed E-state index contributed by atoms with van der Waals surface area (Å²) in [5.74, 6) is -0.199. The van der Waals surface area contributed by atoms with Crippen LogP contribution >= 0.6 is 0 Å². The van der Waals surface area contributed by atoms with Gasteiger partial charge in [-0.1, -0.05) is 36.4 Å². The van der Waals surface area contributed by atoms with Gasteiger partial charge in [0, 0.05) is 19.1 Å². The summed E-state index contributed by atoms with van der Waals surface area (Å²) in [6, 6.07) is 15.3. The summed E-state index contributed by atoms with van der Waals surface area (Å²) in [7, 11) is 0. The molecule has 3 rings (SSSR count). The van der Waals surface area contributed by atoms with E-state index >= 15 is 0 Å².